The van der Waals surface area contributed by atoms with Crippen LogP contribution in [-0.4, -0.2) is 87.8 Å². The van der Waals surface area contributed by atoms with Crippen molar-refractivity contribution in [3.05, 3.63) is 41.5 Å². The van der Waals surface area contributed by atoms with Crippen molar-refractivity contribution < 1.29 is 38.4 Å². The summed E-state index contributed by atoms with van der Waals surface area (Å²) in [6, 6.07) is 3.97. The number of hydrogen-bond donors (Lipinski definition) is 2. The first kappa shape index (κ1) is 38.7. The zero-order chi connectivity index (χ0) is 35.7. The first-order valence-corrected chi connectivity index (χ1v) is 18.1. The number of methoxy groups -OCH3 is 3. The second-order valence-electron chi connectivity index (χ2n) is 14.8. The minimum absolute atomic E-state index is 0.0949. The number of aliphatic hydroxyl groups excluding tert-OH is 1. The molecule has 2 aliphatic heterocycles. The van der Waals surface area contributed by atoms with Crippen LogP contribution in [0.3, 0.4) is 0 Å². The van der Waals surface area contributed by atoms with Crippen LogP contribution in [0.2, 0.25) is 0 Å². The molecule has 2 aliphatic carbocycles. The Kier molecular flexibility index (Phi) is 14.0. The first-order chi connectivity index (χ1) is 23.4. The molecule has 2 N–H and O–H groups in total. The Morgan fingerprint density at radius 1 is 1.04 bits per heavy atom. The van der Waals surface area contributed by atoms with Crippen LogP contribution in [0.5, 0.6) is 17.2 Å². The number of nitrogens with one attached hydrogen (secondary N) is 1. The van der Waals surface area contributed by atoms with Gasteiger partial charge in [-0.3, -0.25) is 14.5 Å². The Labute approximate surface area is 293 Å². The minimum atomic E-state index is -0.601. The Morgan fingerprint density at radius 3 is 2.39 bits per heavy atom. The monoisotopic (exact) mass is 684 g/mol. The maximum atomic E-state index is 12.9. The third kappa shape index (κ3) is 10.0. The van der Waals surface area contributed by atoms with Crippen LogP contribution < -0.4 is 19.5 Å². The van der Waals surface area contributed by atoms with Crippen molar-refractivity contribution in [3.8, 4) is 17.2 Å². The van der Waals surface area contributed by atoms with E-state index in [1.807, 2.05) is 32.9 Å². The van der Waals surface area contributed by atoms with Crippen LogP contribution in [-0.2, 0) is 25.6 Å². The number of rotatable bonds is 11. The van der Waals surface area contributed by atoms with E-state index in [1.165, 1.54) is 5.57 Å². The molecule has 1 aromatic rings. The van der Waals surface area contributed by atoms with Crippen molar-refractivity contribution in [3.63, 3.8) is 0 Å². The number of esters is 2. The molecule has 0 aromatic heterocycles. The summed E-state index contributed by atoms with van der Waals surface area (Å²) >= 11 is 0. The molecule has 10 nitrogen and oxygen atoms in total. The van der Waals surface area contributed by atoms with E-state index in [9.17, 15) is 14.7 Å². The molecule has 2 saturated heterocycles. The van der Waals surface area contributed by atoms with Gasteiger partial charge in [0.15, 0.2) is 11.5 Å². The number of nitrogens with zero attached hydrogens (tertiary/aromatic N) is 1. The van der Waals surface area contributed by atoms with Gasteiger partial charge in [-0.1, -0.05) is 45.1 Å². The van der Waals surface area contributed by atoms with Gasteiger partial charge in [-0.2, -0.15) is 0 Å². The van der Waals surface area contributed by atoms with Crippen molar-refractivity contribution in [1.29, 1.82) is 0 Å². The number of carbonyl (C=O) groups is 2. The Bertz CT molecular complexity index is 1320. The van der Waals surface area contributed by atoms with Gasteiger partial charge >= 0.3 is 11.9 Å². The fraction of sp³-hybridized carbons (Fsp3) is 0.692. The molecule has 10 heteroatoms. The molecule has 0 spiro atoms. The molecule has 7 atom stereocenters. The van der Waals surface area contributed by atoms with Crippen molar-refractivity contribution in [2.45, 2.75) is 98.0 Å². The first-order valence-electron chi connectivity index (χ1n) is 18.1. The molecule has 4 aliphatic rings. The quantitative estimate of drug-likeness (QED) is 0.281. The predicted molar refractivity (Wildman–Crippen MR) is 190 cm³/mol. The lowest BCUT2D eigenvalue weighted by molar-refractivity contribution is -0.166. The molecule has 0 unspecified atom stereocenters. The highest BCUT2D eigenvalue weighted by atomic mass is 16.6. The number of carbonyl (C=O) groups excluding carboxylic acids is 2. The van der Waals surface area contributed by atoms with Crippen LogP contribution in [0.15, 0.2) is 35.9 Å². The molecule has 49 heavy (non-hydrogen) atoms. The van der Waals surface area contributed by atoms with E-state index in [0.29, 0.717) is 35.7 Å². The van der Waals surface area contributed by atoms with Crippen LogP contribution in [0, 0.1) is 29.1 Å². The smallest absolute Gasteiger partial charge is 0.311 e. The summed E-state index contributed by atoms with van der Waals surface area (Å²) in [5, 5.41) is 13.3. The lowest BCUT2D eigenvalue weighted by Gasteiger charge is -2.44. The zero-order valence-electron chi connectivity index (χ0n) is 31.0. The standard InChI is InChI=1S/C25H38O5.C14H22N2O3/c1-6-25(4,5)24(28)30-21-12-15(2)11-17-8-7-16(3)20(23(17)21)10-9-19-13-18(26)14-22(27)29-19;1-17-12-5-4-11(13(18-2)14(12)19-3)10-16-8-6-15-7-9-16/h7-8,11,15-16,18-21,23,26H,6,9-10,12-14H2,1-5H3;4-5,15H,6-10H2,1-3H3/t15-,16-,18+,19+,20-,21-,23-;/m0./s1. The summed E-state index contributed by atoms with van der Waals surface area (Å²) < 4.78 is 27.8. The highest BCUT2D eigenvalue weighted by Crippen LogP contribution is 2.46. The molecule has 5 rings (SSSR count). The predicted octanol–water partition coefficient (Wildman–Crippen LogP) is 5.70. The van der Waals surface area contributed by atoms with Gasteiger partial charge in [-0.05, 0) is 68.9 Å². The molecule has 2 fully saturated rings. The average molecular weight is 685 g/mol. The molecule has 0 bridgehead atoms. The number of aliphatic hydroxyl groups is 1. The van der Waals surface area contributed by atoms with Gasteiger partial charge in [0.25, 0.3) is 0 Å². The van der Waals surface area contributed by atoms with Crippen molar-refractivity contribution in [1.82, 2.24) is 10.2 Å². The summed E-state index contributed by atoms with van der Waals surface area (Å²) in [5.74, 6) is 2.90. The molecule has 274 valence electrons. The van der Waals surface area contributed by atoms with Gasteiger partial charge in [-0.15, -0.1) is 0 Å². The number of cyclic esters (lactones) is 1. The number of allylic oxidation sites excluding steroid dienone is 3. The fourth-order valence-corrected chi connectivity index (χ4v) is 7.48. The van der Waals surface area contributed by atoms with Crippen LogP contribution in [0.4, 0.5) is 0 Å². The van der Waals surface area contributed by atoms with Gasteiger partial charge < -0.3 is 34.1 Å². The maximum Gasteiger partial charge on any atom is 0.311 e. The van der Waals surface area contributed by atoms with Gasteiger partial charge in [0.2, 0.25) is 5.75 Å². The third-order valence-electron chi connectivity index (χ3n) is 10.7. The van der Waals surface area contributed by atoms with Gasteiger partial charge in [0, 0.05) is 50.6 Å². The fourth-order valence-electron chi connectivity index (χ4n) is 7.48. The second-order valence-corrected chi connectivity index (χ2v) is 14.8. The van der Waals surface area contributed by atoms with Crippen molar-refractivity contribution in [2.75, 3.05) is 47.5 Å². The van der Waals surface area contributed by atoms with Gasteiger partial charge in [-0.25, -0.2) is 0 Å². The minimum Gasteiger partial charge on any atom is -0.493 e. The molecule has 0 radical (unpaired) electrons. The topological polar surface area (TPSA) is 116 Å². The number of ether oxygens (including phenoxy) is 5. The Hall–Kier alpha value is -3.08. The van der Waals surface area contributed by atoms with Crippen LogP contribution in [0.1, 0.15) is 78.7 Å². The zero-order valence-corrected chi connectivity index (χ0v) is 31.0. The maximum absolute atomic E-state index is 12.9. The Morgan fingerprint density at radius 2 is 1.76 bits per heavy atom. The van der Waals surface area contributed by atoms with E-state index in [2.05, 4.69) is 42.3 Å². The van der Waals surface area contributed by atoms with E-state index in [-0.39, 0.29) is 36.5 Å². The number of fused-ring (bicyclic) bond motifs is 1. The summed E-state index contributed by atoms with van der Waals surface area (Å²) in [6.45, 7) is 15.4. The normalized spacial score (nSPS) is 28.6. The molecular weight excluding hydrogens is 624 g/mol. The highest BCUT2D eigenvalue weighted by Gasteiger charge is 2.43. The number of benzene rings is 1. The Balaban J connectivity index is 0.000000244. The number of hydrogen-bond acceptors (Lipinski definition) is 10. The van der Waals surface area contributed by atoms with E-state index < -0.39 is 11.5 Å². The largest absolute Gasteiger partial charge is 0.493 e. The van der Waals surface area contributed by atoms with Crippen molar-refractivity contribution >= 4 is 11.9 Å². The second kappa shape index (κ2) is 17.7. The van der Waals surface area contributed by atoms with Crippen LogP contribution >= 0.6 is 0 Å². The molecule has 0 saturated carbocycles. The van der Waals surface area contributed by atoms with Gasteiger partial charge in [0.1, 0.15) is 12.2 Å². The molecule has 2 heterocycles. The van der Waals surface area contributed by atoms with Crippen LogP contribution in [0.25, 0.3) is 0 Å². The lowest BCUT2D eigenvalue weighted by Crippen LogP contribution is -2.43. The van der Waals surface area contributed by atoms with E-state index >= 15 is 0 Å². The van der Waals surface area contributed by atoms with E-state index in [1.54, 1.807) is 21.3 Å². The van der Waals surface area contributed by atoms with Gasteiger partial charge in [0.05, 0.1) is 39.3 Å². The summed E-state index contributed by atoms with van der Waals surface area (Å²) in [7, 11) is 4.93. The SMILES string of the molecule is CCC(C)(C)C(=O)O[C@H]1C[C@@H](C)C=C2C=C[C@H](C)[C@H](CC[C@@H]3C[C@@H](O)CC(=O)O3)[C@H]21.COc1ccc(CN2CCNCC2)c(OC)c1OC. The number of piperazine rings is 1. The molecule has 1 aromatic carbocycles. The summed E-state index contributed by atoms with van der Waals surface area (Å²) in [5.41, 5.74) is 1.91. The third-order valence-corrected chi connectivity index (χ3v) is 10.7. The summed E-state index contributed by atoms with van der Waals surface area (Å²) in [4.78, 5) is 27.0. The van der Waals surface area contributed by atoms with E-state index in [4.69, 9.17) is 23.7 Å². The summed E-state index contributed by atoms with van der Waals surface area (Å²) in [6.07, 6.45) is 9.61. The highest BCUT2D eigenvalue weighted by molar-refractivity contribution is 5.76. The molecular formula is C39H60N2O8. The van der Waals surface area contributed by atoms with Crippen molar-refractivity contribution in [2.24, 2.45) is 29.1 Å². The lowest BCUT2D eigenvalue weighted by atomic mass is 9.65. The molecule has 0 amide bonds. The van der Waals surface area contributed by atoms with E-state index in [0.717, 1.165) is 69.7 Å². The average Bonchev–Trinajstić information content (AvgIpc) is 3.07.